The topological polar surface area (TPSA) is 67.4 Å². The molecule has 1 atom stereocenters. The van der Waals surface area contributed by atoms with Gasteiger partial charge in [0.2, 0.25) is 5.91 Å². The van der Waals surface area contributed by atoms with Gasteiger partial charge in [-0.1, -0.05) is 35.9 Å². The van der Waals surface area contributed by atoms with Gasteiger partial charge in [0, 0.05) is 11.6 Å². The highest BCUT2D eigenvalue weighted by atomic mass is 35.5. The second kappa shape index (κ2) is 10.8. The number of methoxy groups -OCH3 is 1. The molecule has 7 heteroatoms. The molecule has 0 bridgehead atoms. The lowest BCUT2D eigenvalue weighted by atomic mass is 10.1. The van der Waals surface area contributed by atoms with Crippen molar-refractivity contribution < 1.29 is 14.3 Å². The van der Waals surface area contributed by atoms with Crippen LogP contribution < -0.4 is 15.4 Å². The van der Waals surface area contributed by atoms with E-state index in [9.17, 15) is 9.59 Å². The summed E-state index contributed by atoms with van der Waals surface area (Å²) in [4.78, 5) is 25.2. The summed E-state index contributed by atoms with van der Waals surface area (Å²) in [7, 11) is 1.51. The fourth-order valence-electron chi connectivity index (χ4n) is 2.49. The molecule has 27 heavy (non-hydrogen) atoms. The van der Waals surface area contributed by atoms with Crippen molar-refractivity contribution in [2.75, 3.05) is 19.1 Å². The molecule has 2 aromatic rings. The molecule has 0 saturated heterocycles. The first-order valence-corrected chi connectivity index (χ1v) is 10.3. The normalized spacial score (nSPS) is 11.5. The summed E-state index contributed by atoms with van der Waals surface area (Å²) in [5, 5.41) is 6.34. The molecule has 144 valence electrons. The van der Waals surface area contributed by atoms with Crippen molar-refractivity contribution >= 4 is 35.2 Å². The summed E-state index contributed by atoms with van der Waals surface area (Å²) >= 11 is 7.50. The fraction of sp³-hybridized carbons (Fsp3) is 0.300. The highest BCUT2D eigenvalue weighted by molar-refractivity contribution is 7.98. The van der Waals surface area contributed by atoms with Crippen LogP contribution >= 0.6 is 23.4 Å². The Morgan fingerprint density at radius 3 is 2.52 bits per heavy atom. The van der Waals surface area contributed by atoms with Crippen molar-refractivity contribution in [3.8, 4) is 5.75 Å². The van der Waals surface area contributed by atoms with E-state index in [1.165, 1.54) is 7.11 Å². The molecule has 1 unspecified atom stereocenters. The maximum Gasteiger partial charge on any atom is 0.255 e. The Morgan fingerprint density at radius 1 is 1.15 bits per heavy atom. The summed E-state index contributed by atoms with van der Waals surface area (Å²) in [6.45, 7) is 0.371. The summed E-state index contributed by atoms with van der Waals surface area (Å²) in [5.41, 5.74) is 1.34. The third kappa shape index (κ3) is 6.48. The molecule has 0 spiro atoms. The smallest absolute Gasteiger partial charge is 0.255 e. The Morgan fingerprint density at radius 2 is 1.85 bits per heavy atom. The van der Waals surface area contributed by atoms with E-state index in [0.29, 0.717) is 29.3 Å². The molecule has 2 aromatic carbocycles. The lowest BCUT2D eigenvalue weighted by Crippen LogP contribution is -2.47. The summed E-state index contributed by atoms with van der Waals surface area (Å²) < 4.78 is 5.23. The lowest BCUT2D eigenvalue weighted by molar-refractivity contribution is -0.123. The van der Waals surface area contributed by atoms with Crippen LogP contribution in [0.5, 0.6) is 5.75 Å². The molecular formula is C20H23ClN2O3S. The van der Waals surface area contributed by atoms with E-state index in [2.05, 4.69) is 10.6 Å². The van der Waals surface area contributed by atoms with Gasteiger partial charge < -0.3 is 15.4 Å². The highest BCUT2D eigenvalue weighted by Gasteiger charge is 2.22. The molecule has 5 nitrogen and oxygen atoms in total. The average molecular weight is 407 g/mol. The lowest BCUT2D eigenvalue weighted by Gasteiger charge is -2.19. The minimum absolute atomic E-state index is 0.220. The van der Waals surface area contributed by atoms with Crippen molar-refractivity contribution in [2.45, 2.75) is 19.0 Å². The quantitative estimate of drug-likeness (QED) is 0.668. The van der Waals surface area contributed by atoms with Gasteiger partial charge in [0.25, 0.3) is 5.91 Å². The number of benzene rings is 2. The molecule has 0 aliphatic carbocycles. The second-order valence-corrected chi connectivity index (χ2v) is 7.27. The standard InChI is InChI=1S/C20H23ClN2O3S/c1-26-18-6-4-3-5-16(18)19(24)23-17(11-12-27-2)20(25)22-13-14-7-9-15(21)10-8-14/h3-10,17H,11-13H2,1-2H3,(H,22,25)(H,23,24). The number of carbonyl (C=O) groups excluding carboxylic acids is 2. The van der Waals surface area contributed by atoms with Crippen molar-refractivity contribution in [1.29, 1.82) is 0 Å². The summed E-state index contributed by atoms with van der Waals surface area (Å²) in [5.74, 6) is 0.674. The number of halogens is 1. The predicted molar refractivity (Wildman–Crippen MR) is 111 cm³/mol. The van der Waals surface area contributed by atoms with Crippen molar-refractivity contribution in [3.05, 3.63) is 64.7 Å². The molecule has 0 fully saturated rings. The van der Waals surface area contributed by atoms with E-state index in [1.54, 1.807) is 48.2 Å². The Labute approximate surface area is 168 Å². The Hall–Kier alpha value is -2.18. The van der Waals surface area contributed by atoms with Crippen LogP contribution in [0.1, 0.15) is 22.3 Å². The number of thioether (sulfide) groups is 1. The molecule has 0 radical (unpaired) electrons. The van der Waals surface area contributed by atoms with Crippen molar-refractivity contribution in [2.24, 2.45) is 0 Å². The molecular weight excluding hydrogens is 384 g/mol. The molecule has 0 saturated carbocycles. The summed E-state index contributed by atoms with van der Waals surface area (Å²) in [6, 6.07) is 13.6. The van der Waals surface area contributed by atoms with Crippen LogP contribution in [0.3, 0.4) is 0 Å². The maximum atomic E-state index is 12.6. The largest absolute Gasteiger partial charge is 0.496 e. The van der Waals surface area contributed by atoms with Crippen molar-refractivity contribution in [3.63, 3.8) is 0 Å². The maximum absolute atomic E-state index is 12.6. The van der Waals surface area contributed by atoms with Crippen LogP contribution in [0.25, 0.3) is 0 Å². The number of para-hydroxylation sites is 1. The van der Waals surface area contributed by atoms with Gasteiger partial charge in [0.1, 0.15) is 11.8 Å². The van der Waals surface area contributed by atoms with Gasteiger partial charge >= 0.3 is 0 Å². The van der Waals surface area contributed by atoms with E-state index < -0.39 is 6.04 Å². The van der Waals surface area contributed by atoms with E-state index >= 15 is 0 Å². The van der Waals surface area contributed by atoms with Gasteiger partial charge in [-0.15, -0.1) is 0 Å². The van der Waals surface area contributed by atoms with Gasteiger partial charge in [-0.05, 0) is 48.3 Å². The zero-order valence-electron chi connectivity index (χ0n) is 15.3. The third-order valence-corrected chi connectivity index (χ3v) is 4.86. The molecule has 0 aliphatic rings. The molecule has 2 rings (SSSR count). The third-order valence-electron chi connectivity index (χ3n) is 3.96. The van der Waals surface area contributed by atoms with Gasteiger partial charge in [-0.2, -0.15) is 11.8 Å². The second-order valence-electron chi connectivity index (χ2n) is 5.85. The zero-order valence-corrected chi connectivity index (χ0v) is 16.9. The average Bonchev–Trinajstić information content (AvgIpc) is 2.70. The molecule has 2 N–H and O–H groups in total. The van der Waals surface area contributed by atoms with Crippen LogP contribution in [0, 0.1) is 0 Å². The van der Waals surface area contributed by atoms with Crippen LogP contribution in [-0.4, -0.2) is 37.0 Å². The fourth-order valence-corrected chi connectivity index (χ4v) is 3.08. The first-order chi connectivity index (χ1) is 13.0. The van der Waals surface area contributed by atoms with Crippen LogP contribution in [0.15, 0.2) is 48.5 Å². The SMILES string of the molecule is COc1ccccc1C(=O)NC(CCSC)C(=O)NCc1ccc(Cl)cc1. The van der Waals surface area contributed by atoms with Gasteiger partial charge in [0.15, 0.2) is 0 Å². The van der Waals surface area contributed by atoms with Gasteiger partial charge in [-0.25, -0.2) is 0 Å². The Balaban J connectivity index is 2.03. The molecule has 0 heterocycles. The number of ether oxygens (including phenoxy) is 1. The molecule has 0 aliphatic heterocycles. The Bertz CT molecular complexity index is 768. The number of hydrogen-bond donors (Lipinski definition) is 2. The predicted octanol–water partition coefficient (Wildman–Crippen LogP) is 3.52. The number of carbonyl (C=O) groups is 2. The van der Waals surface area contributed by atoms with E-state index in [1.807, 2.05) is 18.4 Å². The van der Waals surface area contributed by atoms with E-state index in [-0.39, 0.29) is 11.8 Å². The van der Waals surface area contributed by atoms with E-state index in [4.69, 9.17) is 16.3 Å². The zero-order chi connectivity index (χ0) is 19.6. The van der Waals surface area contributed by atoms with Gasteiger partial charge in [-0.3, -0.25) is 9.59 Å². The van der Waals surface area contributed by atoms with Crippen molar-refractivity contribution in [1.82, 2.24) is 10.6 Å². The summed E-state index contributed by atoms with van der Waals surface area (Å²) in [6.07, 6.45) is 2.50. The Kier molecular flexibility index (Phi) is 8.48. The van der Waals surface area contributed by atoms with Gasteiger partial charge in [0.05, 0.1) is 12.7 Å². The molecule has 0 aromatic heterocycles. The number of rotatable bonds is 9. The molecule has 2 amide bonds. The first-order valence-electron chi connectivity index (χ1n) is 8.50. The minimum atomic E-state index is -0.623. The number of amides is 2. The monoisotopic (exact) mass is 406 g/mol. The minimum Gasteiger partial charge on any atom is -0.496 e. The number of hydrogen-bond acceptors (Lipinski definition) is 4. The highest BCUT2D eigenvalue weighted by Crippen LogP contribution is 2.17. The van der Waals surface area contributed by atoms with E-state index in [0.717, 1.165) is 11.3 Å². The van der Waals surface area contributed by atoms with Crippen LogP contribution in [0.4, 0.5) is 0 Å². The first kappa shape index (κ1) is 21.1. The number of nitrogens with one attached hydrogen (secondary N) is 2. The van der Waals surface area contributed by atoms with Crippen LogP contribution in [-0.2, 0) is 11.3 Å². The van der Waals surface area contributed by atoms with Crippen LogP contribution in [0.2, 0.25) is 5.02 Å².